The number of aliphatic hydroxyl groups excluding tert-OH is 1. The van der Waals surface area contributed by atoms with Crippen LogP contribution in [-0.4, -0.2) is 34.3 Å². The van der Waals surface area contributed by atoms with E-state index in [4.69, 9.17) is 9.84 Å². The van der Waals surface area contributed by atoms with Gasteiger partial charge in [-0.3, -0.25) is 0 Å². The number of ether oxygens (including phenoxy) is 1. The lowest BCUT2D eigenvalue weighted by Crippen LogP contribution is -2.44. The van der Waals surface area contributed by atoms with Crippen LogP contribution in [0.2, 0.25) is 0 Å². The third-order valence-electron chi connectivity index (χ3n) is 5.57. The van der Waals surface area contributed by atoms with Crippen LogP contribution in [0.3, 0.4) is 0 Å². The molecule has 0 aliphatic heterocycles. The van der Waals surface area contributed by atoms with Crippen LogP contribution in [-0.2, 0) is 16.1 Å². The maximum Gasteiger partial charge on any atom is 0.329 e. The highest BCUT2D eigenvalue weighted by Crippen LogP contribution is 2.44. The minimum Gasteiger partial charge on any atom is -0.394 e. The van der Waals surface area contributed by atoms with Gasteiger partial charge in [-0.2, -0.15) is 4.39 Å². The molecule has 4 aromatic rings. The SMILES string of the molecule is OCCOC(F)(c1nccn1C(c1ccccc1)(c1ccccc1)c1ccccc1)C(F)F. The molecule has 33 heavy (non-hydrogen) atoms. The number of rotatable bonds is 9. The van der Waals surface area contributed by atoms with E-state index in [0.29, 0.717) is 0 Å². The molecule has 4 nitrogen and oxygen atoms in total. The van der Waals surface area contributed by atoms with Gasteiger partial charge in [0.1, 0.15) is 5.54 Å². The van der Waals surface area contributed by atoms with Gasteiger partial charge in [-0.15, -0.1) is 0 Å². The van der Waals surface area contributed by atoms with E-state index in [1.807, 2.05) is 91.0 Å². The lowest BCUT2D eigenvalue weighted by atomic mass is 9.76. The van der Waals surface area contributed by atoms with Crippen molar-refractivity contribution in [2.45, 2.75) is 17.8 Å². The zero-order valence-corrected chi connectivity index (χ0v) is 17.7. The number of hydrogen-bond acceptors (Lipinski definition) is 3. The highest BCUT2D eigenvalue weighted by atomic mass is 19.3. The molecule has 170 valence electrons. The Balaban J connectivity index is 2.10. The molecular formula is C26H23F3N2O2. The fourth-order valence-corrected chi connectivity index (χ4v) is 4.20. The fraction of sp³-hybridized carbons (Fsp3) is 0.192. The summed E-state index contributed by atoms with van der Waals surface area (Å²) in [5.74, 6) is -4.13. The molecule has 7 heteroatoms. The molecule has 4 rings (SSSR count). The van der Waals surface area contributed by atoms with Crippen LogP contribution in [0.15, 0.2) is 103 Å². The van der Waals surface area contributed by atoms with Gasteiger partial charge in [0, 0.05) is 12.4 Å². The molecule has 0 bridgehead atoms. The number of aliphatic hydroxyl groups is 1. The standard InChI is InChI=1S/C26H23F3N2O2/c27-23(28)26(29,33-19-18-32)24-30-16-17-31(24)25(20-10-4-1-5-11-20,21-12-6-2-7-13-21)22-14-8-3-9-15-22/h1-17,23,32H,18-19H2. The number of benzene rings is 3. The van der Waals surface area contributed by atoms with E-state index >= 15 is 4.39 Å². The summed E-state index contributed by atoms with van der Waals surface area (Å²) in [6.45, 7) is -1.22. The molecule has 3 aromatic carbocycles. The molecule has 1 aromatic heterocycles. The molecule has 1 heterocycles. The van der Waals surface area contributed by atoms with Crippen LogP contribution in [0.5, 0.6) is 0 Å². The second-order valence-electron chi connectivity index (χ2n) is 7.45. The minimum absolute atomic E-state index is 0.595. The highest BCUT2D eigenvalue weighted by molar-refractivity contribution is 5.51. The predicted octanol–water partition coefficient (Wildman–Crippen LogP) is 5.12. The average Bonchev–Trinajstić information content (AvgIpc) is 3.36. The van der Waals surface area contributed by atoms with Crippen molar-refractivity contribution < 1.29 is 23.0 Å². The Morgan fingerprint density at radius 3 is 1.67 bits per heavy atom. The third kappa shape index (κ3) is 3.94. The first-order valence-corrected chi connectivity index (χ1v) is 10.5. The van der Waals surface area contributed by atoms with E-state index in [-0.39, 0.29) is 0 Å². The largest absolute Gasteiger partial charge is 0.394 e. The molecule has 0 fully saturated rings. The summed E-state index contributed by atoms with van der Waals surface area (Å²) in [4.78, 5) is 4.01. The van der Waals surface area contributed by atoms with Crippen molar-refractivity contribution in [1.29, 1.82) is 0 Å². The summed E-state index contributed by atoms with van der Waals surface area (Å²) in [5, 5.41) is 9.11. The molecule has 0 saturated carbocycles. The second kappa shape index (κ2) is 9.60. The lowest BCUT2D eigenvalue weighted by molar-refractivity contribution is -0.240. The van der Waals surface area contributed by atoms with Crippen LogP contribution >= 0.6 is 0 Å². The number of alkyl halides is 3. The van der Waals surface area contributed by atoms with Crippen molar-refractivity contribution in [1.82, 2.24) is 9.55 Å². The van der Waals surface area contributed by atoms with Gasteiger partial charge in [0.2, 0.25) is 0 Å². The highest BCUT2D eigenvalue weighted by Gasteiger charge is 2.51. The molecule has 0 spiro atoms. The number of halogens is 3. The molecule has 0 amide bonds. The summed E-state index contributed by atoms with van der Waals surface area (Å²) >= 11 is 0. The van der Waals surface area contributed by atoms with Crippen molar-refractivity contribution in [2.24, 2.45) is 0 Å². The minimum atomic E-state index is -3.54. The summed E-state index contributed by atoms with van der Waals surface area (Å²) < 4.78 is 50.3. The van der Waals surface area contributed by atoms with Crippen LogP contribution in [0.25, 0.3) is 0 Å². The summed E-state index contributed by atoms with van der Waals surface area (Å²) in [7, 11) is 0. The maximum atomic E-state index is 15.8. The molecular weight excluding hydrogens is 429 g/mol. The van der Waals surface area contributed by atoms with Gasteiger partial charge in [-0.05, 0) is 16.7 Å². The number of hydrogen-bond donors (Lipinski definition) is 1. The quantitative estimate of drug-likeness (QED) is 0.359. The molecule has 0 aliphatic carbocycles. The summed E-state index contributed by atoms with van der Waals surface area (Å²) in [6.07, 6.45) is -0.788. The van der Waals surface area contributed by atoms with Crippen molar-refractivity contribution in [3.63, 3.8) is 0 Å². The van der Waals surface area contributed by atoms with Gasteiger partial charge < -0.3 is 14.4 Å². The molecule has 0 radical (unpaired) electrons. The predicted molar refractivity (Wildman–Crippen MR) is 119 cm³/mol. The second-order valence-corrected chi connectivity index (χ2v) is 7.45. The topological polar surface area (TPSA) is 47.3 Å². The van der Waals surface area contributed by atoms with E-state index in [2.05, 4.69) is 4.98 Å². The molecule has 0 saturated heterocycles. The Kier molecular flexibility index (Phi) is 6.62. The van der Waals surface area contributed by atoms with Crippen LogP contribution in [0.4, 0.5) is 13.2 Å². The zero-order chi connectivity index (χ0) is 23.3. The first-order chi connectivity index (χ1) is 16.0. The zero-order valence-electron chi connectivity index (χ0n) is 17.7. The van der Waals surface area contributed by atoms with Crippen molar-refractivity contribution in [3.8, 4) is 0 Å². The first-order valence-electron chi connectivity index (χ1n) is 10.5. The van der Waals surface area contributed by atoms with Gasteiger partial charge in [0.15, 0.2) is 5.82 Å². The Morgan fingerprint density at radius 1 is 0.818 bits per heavy atom. The fourth-order valence-electron chi connectivity index (χ4n) is 4.20. The third-order valence-corrected chi connectivity index (χ3v) is 5.57. The Labute approximate surface area is 189 Å². The van der Waals surface area contributed by atoms with Crippen LogP contribution in [0.1, 0.15) is 22.5 Å². The van der Waals surface area contributed by atoms with Gasteiger partial charge in [0.25, 0.3) is 0 Å². The van der Waals surface area contributed by atoms with Crippen molar-refractivity contribution in [3.05, 3.63) is 126 Å². The van der Waals surface area contributed by atoms with Gasteiger partial charge in [-0.1, -0.05) is 91.0 Å². The normalized spacial score (nSPS) is 13.7. The van der Waals surface area contributed by atoms with Crippen molar-refractivity contribution in [2.75, 3.05) is 13.2 Å². The van der Waals surface area contributed by atoms with Crippen LogP contribution in [0, 0.1) is 0 Å². The van der Waals surface area contributed by atoms with E-state index in [0.717, 1.165) is 16.7 Å². The van der Waals surface area contributed by atoms with Crippen LogP contribution < -0.4 is 0 Å². The monoisotopic (exact) mass is 452 g/mol. The van der Waals surface area contributed by atoms with Gasteiger partial charge in [-0.25, -0.2) is 13.8 Å². The Hall–Kier alpha value is -3.42. The smallest absolute Gasteiger partial charge is 0.329 e. The van der Waals surface area contributed by atoms with E-state index < -0.39 is 36.9 Å². The first kappa shape index (κ1) is 22.8. The number of imidazole rings is 1. The summed E-state index contributed by atoms with van der Waals surface area (Å²) in [6, 6.07) is 27.7. The average molecular weight is 452 g/mol. The van der Waals surface area contributed by atoms with E-state index in [1.54, 1.807) is 0 Å². The maximum absolute atomic E-state index is 15.8. The number of nitrogens with zero attached hydrogens (tertiary/aromatic N) is 2. The van der Waals surface area contributed by atoms with Gasteiger partial charge in [0.05, 0.1) is 13.2 Å². The molecule has 0 aliphatic rings. The van der Waals surface area contributed by atoms with E-state index in [1.165, 1.54) is 17.0 Å². The van der Waals surface area contributed by atoms with Gasteiger partial charge >= 0.3 is 12.3 Å². The summed E-state index contributed by atoms with van der Waals surface area (Å²) in [5.41, 5.74) is 0.936. The molecule has 1 unspecified atom stereocenters. The van der Waals surface area contributed by atoms with Crippen molar-refractivity contribution >= 4 is 0 Å². The Bertz CT molecular complexity index is 1060. The lowest BCUT2D eigenvalue weighted by Gasteiger charge is -2.40. The molecule has 1 N–H and O–H groups in total. The number of aromatic nitrogens is 2. The Morgan fingerprint density at radius 2 is 1.27 bits per heavy atom. The van der Waals surface area contributed by atoms with E-state index in [9.17, 15) is 8.78 Å². The molecule has 1 atom stereocenters.